The molecule has 0 aromatic heterocycles. The van der Waals surface area contributed by atoms with Crippen molar-refractivity contribution in [1.82, 2.24) is 0 Å². The molecule has 1 aromatic carbocycles. The molecule has 0 fully saturated rings. The summed E-state index contributed by atoms with van der Waals surface area (Å²) in [7, 11) is -3.88. The molecule has 0 bridgehead atoms. The van der Waals surface area contributed by atoms with Crippen LogP contribution >= 0.6 is 0 Å². The van der Waals surface area contributed by atoms with Crippen molar-refractivity contribution in [2.24, 2.45) is 4.52 Å². The number of aryl methyl sites for hydroxylation is 2. The van der Waals surface area contributed by atoms with Crippen molar-refractivity contribution < 1.29 is 8.42 Å². The fraction of sp³-hybridized carbons (Fsp3) is 0.333. The average Bonchev–Trinajstić information content (AvgIpc) is 2.11. The third-order valence-electron chi connectivity index (χ3n) is 2.19. The fourth-order valence-corrected chi connectivity index (χ4v) is 2.43. The van der Waals surface area contributed by atoms with Gasteiger partial charge in [0.25, 0.3) is 10.0 Å². The van der Waals surface area contributed by atoms with Crippen molar-refractivity contribution in [3.05, 3.63) is 39.3 Å². The van der Waals surface area contributed by atoms with Crippen LogP contribution in [0.4, 0.5) is 0 Å². The van der Waals surface area contributed by atoms with Gasteiger partial charge in [-0.25, -0.2) is 8.42 Å². The summed E-state index contributed by atoms with van der Waals surface area (Å²) in [6.07, 6.45) is 0. The molecule has 0 saturated carbocycles. The van der Waals surface area contributed by atoms with Gasteiger partial charge in [0.05, 0.1) is 4.90 Å². The molecule has 0 aliphatic heterocycles. The maximum absolute atomic E-state index is 11.5. The van der Waals surface area contributed by atoms with E-state index in [1.807, 2.05) is 13.0 Å². The first-order valence-electron chi connectivity index (χ1n) is 4.27. The maximum Gasteiger partial charge on any atom is 0.264 e. The molecule has 0 aliphatic carbocycles. The Morgan fingerprint density at radius 3 is 2.40 bits per heavy atom. The Labute approximate surface area is 88.4 Å². The number of nitrogens with zero attached hydrogens (tertiary/aromatic N) is 3. The van der Waals surface area contributed by atoms with Crippen LogP contribution in [0.5, 0.6) is 0 Å². The molecule has 6 heteroatoms. The second-order valence-corrected chi connectivity index (χ2v) is 4.90. The van der Waals surface area contributed by atoms with E-state index in [0.29, 0.717) is 5.56 Å². The van der Waals surface area contributed by atoms with E-state index in [1.54, 1.807) is 13.8 Å². The maximum atomic E-state index is 11.5. The lowest BCUT2D eigenvalue weighted by molar-refractivity contribution is 0.596. The number of benzene rings is 1. The van der Waals surface area contributed by atoms with Crippen LogP contribution in [0.15, 0.2) is 21.5 Å². The highest BCUT2D eigenvalue weighted by Gasteiger charge is 2.16. The SMILES string of the molecule is Cc1cc(C)c(C)c(S(=O)(=O)N=[N+]=[N-])c1. The molecule has 0 spiro atoms. The summed E-state index contributed by atoms with van der Waals surface area (Å²) >= 11 is 0. The van der Waals surface area contributed by atoms with E-state index >= 15 is 0 Å². The van der Waals surface area contributed by atoms with Crippen LogP contribution in [-0.4, -0.2) is 8.42 Å². The number of sulfonamides is 1. The number of azide groups is 1. The quantitative estimate of drug-likeness (QED) is 0.440. The molecule has 0 aliphatic rings. The van der Waals surface area contributed by atoms with Crippen molar-refractivity contribution in [2.75, 3.05) is 0 Å². The first-order chi connectivity index (χ1) is 6.88. The second-order valence-electron chi connectivity index (χ2n) is 3.35. The Hall–Kier alpha value is -1.52. The summed E-state index contributed by atoms with van der Waals surface area (Å²) < 4.78 is 25.9. The predicted octanol–water partition coefficient (Wildman–Crippen LogP) is 2.61. The van der Waals surface area contributed by atoms with Crippen molar-refractivity contribution in [1.29, 1.82) is 0 Å². The molecule has 0 amide bonds. The standard InChI is InChI=1S/C9H11N3O2S/c1-6-4-7(2)8(3)9(5-6)15(13,14)12-11-10/h4-5H,1-3H3. The molecule has 80 valence electrons. The van der Waals surface area contributed by atoms with Gasteiger partial charge < -0.3 is 0 Å². The molecule has 15 heavy (non-hydrogen) atoms. The van der Waals surface area contributed by atoms with E-state index in [2.05, 4.69) is 9.43 Å². The third-order valence-corrected chi connectivity index (χ3v) is 3.45. The van der Waals surface area contributed by atoms with Gasteiger partial charge in [-0.2, -0.15) is 0 Å². The number of hydrogen-bond acceptors (Lipinski definition) is 2. The van der Waals surface area contributed by atoms with Crippen LogP contribution in [0, 0.1) is 20.8 Å². The first kappa shape index (κ1) is 11.6. The lowest BCUT2D eigenvalue weighted by Crippen LogP contribution is -2.01. The van der Waals surface area contributed by atoms with Crippen molar-refractivity contribution in [2.45, 2.75) is 25.7 Å². The zero-order chi connectivity index (χ0) is 11.6. The summed E-state index contributed by atoms with van der Waals surface area (Å²) in [6, 6.07) is 3.39. The molecule has 0 unspecified atom stereocenters. The summed E-state index contributed by atoms with van der Waals surface area (Å²) in [5.41, 5.74) is 10.5. The number of rotatable bonds is 2. The fourth-order valence-electron chi connectivity index (χ4n) is 1.36. The molecule has 0 saturated heterocycles. The molecule has 0 N–H and O–H groups in total. The minimum atomic E-state index is -3.88. The molecule has 1 rings (SSSR count). The monoisotopic (exact) mass is 225 g/mol. The van der Waals surface area contributed by atoms with Gasteiger partial charge in [-0.3, -0.25) is 0 Å². The van der Waals surface area contributed by atoms with E-state index in [4.69, 9.17) is 5.53 Å². The highest BCUT2D eigenvalue weighted by Crippen LogP contribution is 2.22. The van der Waals surface area contributed by atoms with Gasteiger partial charge in [0.15, 0.2) is 0 Å². The normalized spacial score (nSPS) is 10.9. The smallest absolute Gasteiger partial charge is 0.216 e. The van der Waals surface area contributed by atoms with Gasteiger partial charge >= 0.3 is 0 Å². The van der Waals surface area contributed by atoms with Crippen molar-refractivity contribution in [3.63, 3.8) is 0 Å². The lowest BCUT2D eigenvalue weighted by atomic mass is 10.1. The molecule has 0 heterocycles. The van der Waals surface area contributed by atoms with Crippen LogP contribution in [0.1, 0.15) is 16.7 Å². The summed E-state index contributed by atoms with van der Waals surface area (Å²) in [5.74, 6) is 0. The van der Waals surface area contributed by atoms with Gasteiger partial charge in [0, 0.05) is 9.43 Å². The highest BCUT2D eigenvalue weighted by atomic mass is 32.2. The number of hydrogen-bond donors (Lipinski definition) is 0. The molecular formula is C9H11N3O2S. The van der Waals surface area contributed by atoms with Gasteiger partial charge in [-0.15, -0.1) is 0 Å². The molecule has 1 aromatic rings. The van der Waals surface area contributed by atoms with Gasteiger partial charge in [-0.1, -0.05) is 6.07 Å². The Balaban J connectivity index is 3.58. The van der Waals surface area contributed by atoms with E-state index in [-0.39, 0.29) is 4.90 Å². The minimum Gasteiger partial charge on any atom is -0.216 e. The van der Waals surface area contributed by atoms with Crippen molar-refractivity contribution in [3.8, 4) is 0 Å². The lowest BCUT2D eigenvalue weighted by Gasteiger charge is -2.07. The van der Waals surface area contributed by atoms with Gasteiger partial charge in [0.1, 0.15) is 0 Å². The second kappa shape index (κ2) is 3.92. The van der Waals surface area contributed by atoms with Crippen LogP contribution in [-0.2, 0) is 10.0 Å². The summed E-state index contributed by atoms with van der Waals surface area (Å²) in [4.78, 5) is 2.40. The summed E-state index contributed by atoms with van der Waals surface area (Å²) in [5, 5.41) is 0. The Morgan fingerprint density at radius 1 is 1.27 bits per heavy atom. The predicted molar refractivity (Wildman–Crippen MR) is 57.0 cm³/mol. The van der Waals surface area contributed by atoms with Gasteiger partial charge in [-0.05, 0) is 49.1 Å². The van der Waals surface area contributed by atoms with E-state index in [1.165, 1.54) is 6.07 Å². The molecule has 0 radical (unpaired) electrons. The summed E-state index contributed by atoms with van der Waals surface area (Å²) in [6.45, 7) is 5.30. The van der Waals surface area contributed by atoms with E-state index < -0.39 is 10.0 Å². The zero-order valence-electron chi connectivity index (χ0n) is 8.72. The van der Waals surface area contributed by atoms with Gasteiger partial charge in [0.2, 0.25) is 0 Å². The first-order valence-corrected chi connectivity index (χ1v) is 5.71. The van der Waals surface area contributed by atoms with E-state index in [0.717, 1.165) is 11.1 Å². The topological polar surface area (TPSA) is 82.9 Å². The Kier molecular flexibility index (Phi) is 3.02. The molecule has 0 atom stereocenters. The molecule has 5 nitrogen and oxygen atoms in total. The van der Waals surface area contributed by atoms with Crippen LogP contribution in [0.25, 0.3) is 10.4 Å². The van der Waals surface area contributed by atoms with Crippen LogP contribution < -0.4 is 0 Å². The molecular weight excluding hydrogens is 214 g/mol. The minimum absolute atomic E-state index is 0.0813. The van der Waals surface area contributed by atoms with Crippen molar-refractivity contribution >= 4 is 10.0 Å². The highest BCUT2D eigenvalue weighted by molar-refractivity contribution is 7.90. The third kappa shape index (κ3) is 2.29. The Morgan fingerprint density at radius 2 is 1.87 bits per heavy atom. The largest absolute Gasteiger partial charge is 0.264 e. The van der Waals surface area contributed by atoms with Crippen LogP contribution in [0.2, 0.25) is 0 Å². The van der Waals surface area contributed by atoms with Crippen LogP contribution in [0.3, 0.4) is 0 Å². The Bertz CT molecular complexity index is 543. The van der Waals surface area contributed by atoms with E-state index in [9.17, 15) is 8.42 Å². The zero-order valence-corrected chi connectivity index (χ0v) is 9.54. The average molecular weight is 225 g/mol.